The van der Waals surface area contributed by atoms with Crippen LogP contribution < -0.4 is 5.32 Å². The van der Waals surface area contributed by atoms with E-state index in [1.807, 2.05) is 0 Å². The molecule has 0 saturated heterocycles. The molecule has 1 heterocycles. The molecular formula is C15H22F3N3O3. The zero-order chi connectivity index (χ0) is 18.0. The van der Waals surface area contributed by atoms with Gasteiger partial charge in [0, 0.05) is 26.0 Å². The fourth-order valence-corrected chi connectivity index (χ4v) is 3.09. The molecule has 0 bridgehead atoms. The summed E-state index contributed by atoms with van der Waals surface area (Å²) in [6.07, 6.45) is -0.990. The first-order chi connectivity index (χ1) is 11.1. The summed E-state index contributed by atoms with van der Waals surface area (Å²) < 4.78 is 41.0. The summed E-state index contributed by atoms with van der Waals surface area (Å²) in [7, 11) is 1.31. The number of aromatic nitrogens is 2. The normalized spacial score (nSPS) is 19.9. The van der Waals surface area contributed by atoms with E-state index in [-0.39, 0.29) is 12.5 Å². The third-order valence-electron chi connectivity index (χ3n) is 4.53. The van der Waals surface area contributed by atoms with E-state index >= 15 is 0 Å². The minimum absolute atomic E-state index is 0.0568. The van der Waals surface area contributed by atoms with E-state index in [0.29, 0.717) is 0 Å². The van der Waals surface area contributed by atoms with Gasteiger partial charge in [0.25, 0.3) is 0 Å². The minimum Gasteiger partial charge on any atom is -0.391 e. The van der Waals surface area contributed by atoms with Crippen molar-refractivity contribution in [3.8, 4) is 0 Å². The number of hydrogen-bond acceptors (Lipinski definition) is 4. The number of nitrogens with one attached hydrogen (secondary N) is 1. The number of carbonyl (C=O) groups excluding carboxylic acids is 1. The van der Waals surface area contributed by atoms with Crippen LogP contribution in [-0.4, -0.2) is 44.5 Å². The monoisotopic (exact) mass is 349 g/mol. The van der Waals surface area contributed by atoms with Crippen LogP contribution in [0, 0.1) is 5.92 Å². The number of hydrogen-bond donors (Lipinski definition) is 3. The molecule has 0 aliphatic heterocycles. The lowest BCUT2D eigenvalue weighted by Gasteiger charge is -2.29. The fourth-order valence-electron chi connectivity index (χ4n) is 3.09. The highest BCUT2D eigenvalue weighted by molar-refractivity contribution is 5.77. The van der Waals surface area contributed by atoms with Crippen molar-refractivity contribution in [1.82, 2.24) is 14.9 Å². The first-order valence-electron chi connectivity index (χ1n) is 7.87. The van der Waals surface area contributed by atoms with Gasteiger partial charge in [-0.1, -0.05) is 12.8 Å². The lowest BCUT2D eigenvalue weighted by molar-refractivity contribution is -0.271. The van der Waals surface area contributed by atoms with E-state index in [1.165, 1.54) is 13.2 Å². The fraction of sp³-hybridized carbons (Fsp3) is 0.733. The quantitative estimate of drug-likeness (QED) is 0.721. The maximum absolute atomic E-state index is 13.3. The Morgan fingerprint density at radius 2 is 2.08 bits per heavy atom. The molecule has 24 heavy (non-hydrogen) atoms. The number of nitrogens with zero attached hydrogens (tertiary/aromatic N) is 2. The van der Waals surface area contributed by atoms with Crippen LogP contribution in [0.4, 0.5) is 13.2 Å². The molecule has 136 valence electrons. The lowest BCUT2D eigenvalue weighted by atomic mass is 9.96. The van der Waals surface area contributed by atoms with Crippen LogP contribution in [0.25, 0.3) is 0 Å². The van der Waals surface area contributed by atoms with E-state index in [0.717, 1.165) is 36.4 Å². The molecule has 1 fully saturated rings. The molecule has 1 aromatic rings. The summed E-state index contributed by atoms with van der Waals surface area (Å²) in [6, 6.07) is 0. The van der Waals surface area contributed by atoms with E-state index in [4.69, 9.17) is 0 Å². The zero-order valence-electron chi connectivity index (χ0n) is 13.4. The number of imidazole rings is 1. The van der Waals surface area contributed by atoms with Gasteiger partial charge in [-0.3, -0.25) is 4.79 Å². The number of alkyl halides is 3. The Morgan fingerprint density at radius 1 is 1.46 bits per heavy atom. The molecule has 1 aromatic heterocycles. The standard InChI is InChI=1S/C15H22F3N3O3/c1-21-7-6-19-13(21)14(24,15(16,17)18)8-12(23)20-9-11(22)10-4-2-3-5-10/h6-7,10-11,22,24H,2-5,8-9H2,1H3,(H,20,23). The topological polar surface area (TPSA) is 87.4 Å². The summed E-state index contributed by atoms with van der Waals surface area (Å²) in [4.78, 5) is 15.4. The van der Waals surface area contributed by atoms with Gasteiger partial charge in [0.2, 0.25) is 11.5 Å². The Labute approximate surface area is 137 Å². The predicted octanol–water partition coefficient (Wildman–Crippen LogP) is 1.23. The number of aliphatic hydroxyl groups excluding tert-OH is 1. The van der Waals surface area contributed by atoms with Crippen LogP contribution >= 0.6 is 0 Å². The summed E-state index contributed by atoms with van der Waals surface area (Å²) in [6.45, 7) is -0.127. The van der Waals surface area contributed by atoms with Gasteiger partial charge in [-0.05, 0) is 18.8 Å². The molecule has 0 radical (unpaired) electrons. The molecule has 2 unspecified atom stereocenters. The number of aliphatic hydroxyl groups is 2. The van der Waals surface area contributed by atoms with Gasteiger partial charge in [-0.2, -0.15) is 13.2 Å². The number of carbonyl (C=O) groups is 1. The van der Waals surface area contributed by atoms with Crippen LogP contribution in [-0.2, 0) is 17.4 Å². The smallest absolute Gasteiger partial charge is 0.391 e. The van der Waals surface area contributed by atoms with Crippen molar-refractivity contribution in [1.29, 1.82) is 0 Å². The minimum atomic E-state index is -5.06. The number of halogens is 3. The molecule has 0 spiro atoms. The van der Waals surface area contributed by atoms with Crippen LogP contribution in [0.5, 0.6) is 0 Å². The van der Waals surface area contributed by atoms with Gasteiger partial charge in [0.1, 0.15) is 0 Å². The van der Waals surface area contributed by atoms with Gasteiger partial charge in [0.05, 0.1) is 12.5 Å². The molecule has 2 rings (SSSR count). The molecule has 1 aliphatic carbocycles. The number of rotatable bonds is 6. The van der Waals surface area contributed by atoms with Crippen molar-refractivity contribution in [3.63, 3.8) is 0 Å². The number of amides is 1. The molecule has 1 amide bonds. The van der Waals surface area contributed by atoms with Gasteiger partial charge in [-0.25, -0.2) is 4.98 Å². The highest BCUT2D eigenvalue weighted by atomic mass is 19.4. The summed E-state index contributed by atoms with van der Waals surface area (Å²) >= 11 is 0. The van der Waals surface area contributed by atoms with Crippen LogP contribution in [0.2, 0.25) is 0 Å². The first-order valence-corrected chi connectivity index (χ1v) is 7.87. The first kappa shape index (κ1) is 18.7. The van der Waals surface area contributed by atoms with Gasteiger partial charge >= 0.3 is 6.18 Å². The van der Waals surface area contributed by atoms with Crippen LogP contribution in [0.3, 0.4) is 0 Å². The molecule has 3 N–H and O–H groups in total. The molecule has 6 nitrogen and oxygen atoms in total. The molecule has 9 heteroatoms. The maximum atomic E-state index is 13.3. The van der Waals surface area contributed by atoms with E-state index in [1.54, 1.807) is 0 Å². The van der Waals surface area contributed by atoms with Crippen LogP contribution in [0.1, 0.15) is 37.9 Å². The average molecular weight is 349 g/mol. The highest BCUT2D eigenvalue weighted by Crippen LogP contribution is 2.40. The SMILES string of the molecule is Cn1ccnc1C(O)(CC(=O)NCC(O)C1CCCC1)C(F)(F)F. The molecular weight excluding hydrogens is 327 g/mol. The second-order valence-electron chi connectivity index (χ2n) is 6.31. The van der Waals surface area contributed by atoms with E-state index < -0.39 is 36.0 Å². The summed E-state index contributed by atoms with van der Waals surface area (Å²) in [5, 5.41) is 22.4. The molecule has 2 atom stereocenters. The highest BCUT2D eigenvalue weighted by Gasteiger charge is 2.58. The van der Waals surface area contributed by atoms with Crippen molar-refractivity contribution in [2.45, 2.75) is 50.0 Å². The van der Waals surface area contributed by atoms with Gasteiger partial charge < -0.3 is 20.1 Å². The second-order valence-corrected chi connectivity index (χ2v) is 6.31. The Bertz CT molecular complexity index is 570. The van der Waals surface area contributed by atoms with Crippen molar-refractivity contribution >= 4 is 5.91 Å². The predicted molar refractivity (Wildman–Crippen MR) is 78.8 cm³/mol. The van der Waals surface area contributed by atoms with Gasteiger partial charge in [-0.15, -0.1) is 0 Å². The Balaban J connectivity index is 2.02. The Morgan fingerprint density at radius 3 is 2.58 bits per heavy atom. The zero-order valence-corrected chi connectivity index (χ0v) is 13.4. The molecule has 1 aliphatic rings. The summed E-state index contributed by atoms with van der Waals surface area (Å²) in [5.41, 5.74) is -3.38. The number of aryl methyl sites for hydroxylation is 1. The Kier molecular flexibility index (Phi) is 5.54. The van der Waals surface area contributed by atoms with E-state index in [2.05, 4.69) is 10.3 Å². The largest absolute Gasteiger partial charge is 0.425 e. The van der Waals surface area contributed by atoms with Crippen molar-refractivity contribution in [2.24, 2.45) is 13.0 Å². The van der Waals surface area contributed by atoms with Crippen molar-refractivity contribution in [3.05, 3.63) is 18.2 Å². The van der Waals surface area contributed by atoms with Gasteiger partial charge in [0.15, 0.2) is 5.82 Å². The van der Waals surface area contributed by atoms with Crippen molar-refractivity contribution in [2.75, 3.05) is 6.54 Å². The molecule has 0 aromatic carbocycles. The van der Waals surface area contributed by atoms with Crippen LogP contribution in [0.15, 0.2) is 12.4 Å². The molecule has 1 saturated carbocycles. The van der Waals surface area contributed by atoms with E-state index in [9.17, 15) is 28.2 Å². The average Bonchev–Trinajstić information content (AvgIpc) is 3.14. The van der Waals surface area contributed by atoms with Crippen molar-refractivity contribution < 1.29 is 28.2 Å². The third kappa shape index (κ3) is 3.89. The third-order valence-corrected chi connectivity index (χ3v) is 4.53. The second kappa shape index (κ2) is 7.10. The lowest BCUT2D eigenvalue weighted by Crippen LogP contribution is -2.48. The maximum Gasteiger partial charge on any atom is 0.425 e. The Hall–Kier alpha value is -1.61. The summed E-state index contributed by atoms with van der Waals surface area (Å²) in [5.74, 6) is -1.59.